The van der Waals surface area contributed by atoms with E-state index in [1.807, 2.05) is 13.8 Å². The first-order valence-electron chi connectivity index (χ1n) is 7.29. The molecule has 0 atom stereocenters. The summed E-state index contributed by atoms with van der Waals surface area (Å²) < 4.78 is 5.52. The lowest BCUT2D eigenvalue weighted by Crippen LogP contribution is -2.19. The number of carbonyl (C=O) groups excluding carboxylic acids is 1. The Labute approximate surface area is 120 Å². The first-order valence-corrected chi connectivity index (χ1v) is 7.29. The minimum Gasteiger partial charge on any atom is -0.491 e. The highest BCUT2D eigenvalue weighted by atomic mass is 17.2. The van der Waals surface area contributed by atoms with E-state index in [4.69, 9.17) is 14.5 Å². The summed E-state index contributed by atoms with van der Waals surface area (Å²) >= 11 is 0. The van der Waals surface area contributed by atoms with Crippen molar-refractivity contribution < 1.29 is 19.3 Å². The van der Waals surface area contributed by atoms with E-state index in [1.165, 1.54) is 6.42 Å². The van der Waals surface area contributed by atoms with E-state index in [2.05, 4.69) is 0 Å². The molecule has 0 N–H and O–H groups in total. The number of carbonyl (C=O) groups is 1. The van der Waals surface area contributed by atoms with Crippen LogP contribution >= 0.6 is 0 Å². The molecule has 1 aromatic rings. The predicted molar refractivity (Wildman–Crippen MR) is 75.6 cm³/mol. The fourth-order valence-electron chi connectivity index (χ4n) is 2.26. The van der Waals surface area contributed by atoms with Gasteiger partial charge < -0.3 is 4.74 Å². The van der Waals surface area contributed by atoms with E-state index >= 15 is 0 Å². The van der Waals surface area contributed by atoms with Crippen LogP contribution in [0.4, 0.5) is 0 Å². The van der Waals surface area contributed by atoms with Crippen LogP contribution in [0.3, 0.4) is 0 Å². The first-order chi connectivity index (χ1) is 9.65. The van der Waals surface area contributed by atoms with Gasteiger partial charge in [-0.2, -0.15) is 4.89 Å². The van der Waals surface area contributed by atoms with Gasteiger partial charge in [-0.1, -0.05) is 19.3 Å². The Hall–Kier alpha value is -1.55. The number of hydrogen-bond donors (Lipinski definition) is 0. The third-order valence-electron chi connectivity index (χ3n) is 3.27. The largest absolute Gasteiger partial charge is 0.491 e. The zero-order valence-corrected chi connectivity index (χ0v) is 12.1. The quantitative estimate of drug-likeness (QED) is 0.605. The van der Waals surface area contributed by atoms with Crippen LogP contribution < -0.4 is 4.74 Å². The Balaban J connectivity index is 1.82. The van der Waals surface area contributed by atoms with E-state index in [-0.39, 0.29) is 12.2 Å². The number of hydrogen-bond acceptors (Lipinski definition) is 4. The summed E-state index contributed by atoms with van der Waals surface area (Å²) in [7, 11) is 0. The Morgan fingerprint density at radius 1 is 1.10 bits per heavy atom. The molecule has 1 fully saturated rings. The van der Waals surface area contributed by atoms with Gasteiger partial charge in [0.1, 0.15) is 11.9 Å². The first kappa shape index (κ1) is 14.9. The van der Waals surface area contributed by atoms with Crippen LogP contribution in [0.25, 0.3) is 0 Å². The van der Waals surface area contributed by atoms with Gasteiger partial charge in [-0.25, -0.2) is 4.79 Å². The molecule has 110 valence electrons. The molecule has 0 heterocycles. The summed E-state index contributed by atoms with van der Waals surface area (Å²) in [4.78, 5) is 22.0. The zero-order chi connectivity index (χ0) is 14.4. The van der Waals surface area contributed by atoms with E-state index < -0.39 is 5.97 Å². The van der Waals surface area contributed by atoms with Crippen LogP contribution in [0.5, 0.6) is 5.75 Å². The van der Waals surface area contributed by atoms with Crippen molar-refractivity contribution in [2.75, 3.05) is 0 Å². The molecule has 0 spiro atoms. The van der Waals surface area contributed by atoms with Crippen molar-refractivity contribution in [1.29, 1.82) is 0 Å². The van der Waals surface area contributed by atoms with E-state index in [9.17, 15) is 4.79 Å². The summed E-state index contributed by atoms with van der Waals surface area (Å²) in [5, 5.41) is 0. The molecule has 1 saturated carbocycles. The van der Waals surface area contributed by atoms with Crippen LogP contribution in [0.2, 0.25) is 0 Å². The summed E-state index contributed by atoms with van der Waals surface area (Å²) in [5.41, 5.74) is 0.469. The number of ether oxygens (including phenoxy) is 1. The SMILES string of the molecule is CC(C)Oc1ccc(C(=O)OOC2CCCCC2)cc1. The van der Waals surface area contributed by atoms with Crippen LogP contribution in [0, 0.1) is 0 Å². The highest BCUT2D eigenvalue weighted by Crippen LogP contribution is 2.21. The second kappa shape index (κ2) is 7.29. The molecule has 0 aromatic heterocycles. The van der Waals surface area contributed by atoms with Crippen LogP contribution in [-0.2, 0) is 9.78 Å². The molecule has 0 aliphatic heterocycles. The minimum absolute atomic E-state index is 0.0521. The molecule has 0 amide bonds. The van der Waals surface area contributed by atoms with Crippen LogP contribution in [-0.4, -0.2) is 18.2 Å². The fourth-order valence-corrected chi connectivity index (χ4v) is 2.26. The topological polar surface area (TPSA) is 44.8 Å². The molecule has 4 nitrogen and oxygen atoms in total. The van der Waals surface area contributed by atoms with Gasteiger partial charge in [-0.15, -0.1) is 0 Å². The third kappa shape index (κ3) is 4.53. The fraction of sp³-hybridized carbons (Fsp3) is 0.562. The molecular weight excluding hydrogens is 256 g/mol. The molecular formula is C16H22O4. The third-order valence-corrected chi connectivity index (χ3v) is 3.27. The molecule has 0 saturated heterocycles. The second-order valence-electron chi connectivity index (χ2n) is 5.42. The van der Waals surface area contributed by atoms with Crippen molar-refractivity contribution in [3.8, 4) is 5.75 Å². The monoisotopic (exact) mass is 278 g/mol. The van der Waals surface area contributed by atoms with Crippen molar-refractivity contribution in [2.24, 2.45) is 0 Å². The molecule has 0 unspecified atom stereocenters. The van der Waals surface area contributed by atoms with Gasteiger partial charge in [0.25, 0.3) is 0 Å². The van der Waals surface area contributed by atoms with Crippen molar-refractivity contribution in [3.63, 3.8) is 0 Å². The summed E-state index contributed by atoms with van der Waals surface area (Å²) in [5.74, 6) is 0.288. The predicted octanol–water partition coefficient (Wildman–Crippen LogP) is 3.89. The van der Waals surface area contributed by atoms with E-state index in [0.717, 1.165) is 31.4 Å². The van der Waals surface area contributed by atoms with E-state index in [1.54, 1.807) is 24.3 Å². The van der Waals surface area contributed by atoms with Crippen LogP contribution in [0.15, 0.2) is 24.3 Å². The Kier molecular flexibility index (Phi) is 5.41. The summed E-state index contributed by atoms with van der Waals surface area (Å²) in [6.07, 6.45) is 5.62. The van der Waals surface area contributed by atoms with Crippen molar-refractivity contribution in [2.45, 2.75) is 58.2 Å². The molecule has 2 rings (SSSR count). The maximum Gasteiger partial charge on any atom is 0.373 e. The average Bonchev–Trinajstić information content (AvgIpc) is 2.46. The van der Waals surface area contributed by atoms with Gasteiger partial charge in [0.2, 0.25) is 0 Å². The molecule has 4 heteroatoms. The Bertz CT molecular complexity index is 419. The average molecular weight is 278 g/mol. The van der Waals surface area contributed by atoms with Crippen molar-refractivity contribution in [3.05, 3.63) is 29.8 Å². The lowest BCUT2D eigenvalue weighted by Gasteiger charge is -2.19. The molecule has 1 aromatic carbocycles. The normalized spacial score (nSPS) is 16.1. The number of benzene rings is 1. The van der Waals surface area contributed by atoms with E-state index in [0.29, 0.717) is 5.56 Å². The van der Waals surface area contributed by atoms with Gasteiger partial charge in [0.15, 0.2) is 0 Å². The highest BCUT2D eigenvalue weighted by molar-refractivity contribution is 5.89. The maximum atomic E-state index is 11.8. The van der Waals surface area contributed by atoms with Gasteiger partial charge >= 0.3 is 5.97 Å². The van der Waals surface area contributed by atoms with Crippen molar-refractivity contribution in [1.82, 2.24) is 0 Å². The van der Waals surface area contributed by atoms with Gasteiger partial charge in [-0.05, 0) is 51.0 Å². The van der Waals surface area contributed by atoms with Crippen molar-refractivity contribution >= 4 is 5.97 Å². The molecule has 1 aliphatic rings. The smallest absolute Gasteiger partial charge is 0.373 e. The van der Waals surface area contributed by atoms with Gasteiger partial charge in [0, 0.05) is 0 Å². The van der Waals surface area contributed by atoms with Gasteiger partial charge in [0.05, 0.1) is 11.7 Å². The lowest BCUT2D eigenvalue weighted by molar-refractivity contribution is -0.279. The molecule has 20 heavy (non-hydrogen) atoms. The standard InChI is InChI=1S/C16H22O4/c1-12(2)18-14-10-8-13(9-11-14)16(17)20-19-15-6-4-3-5-7-15/h8-12,15H,3-7H2,1-2H3. The maximum absolute atomic E-state index is 11.8. The highest BCUT2D eigenvalue weighted by Gasteiger charge is 2.17. The zero-order valence-electron chi connectivity index (χ0n) is 12.1. The van der Waals surface area contributed by atoms with Crippen LogP contribution in [0.1, 0.15) is 56.3 Å². The molecule has 0 bridgehead atoms. The van der Waals surface area contributed by atoms with Gasteiger partial charge in [-0.3, -0.25) is 4.89 Å². The number of rotatable bonds is 5. The summed E-state index contributed by atoms with van der Waals surface area (Å²) in [6, 6.07) is 6.89. The minimum atomic E-state index is -0.452. The molecule has 1 aliphatic carbocycles. The summed E-state index contributed by atoms with van der Waals surface area (Å²) in [6.45, 7) is 3.92. The lowest BCUT2D eigenvalue weighted by atomic mass is 9.98. The second-order valence-corrected chi connectivity index (χ2v) is 5.42. The Morgan fingerprint density at radius 2 is 1.75 bits per heavy atom. The Morgan fingerprint density at radius 3 is 2.35 bits per heavy atom. The molecule has 0 radical (unpaired) electrons.